The lowest BCUT2D eigenvalue weighted by Crippen LogP contribution is -2.30. The Morgan fingerprint density at radius 3 is 2.42 bits per heavy atom. The third-order valence-corrected chi connectivity index (χ3v) is 2.16. The summed E-state index contributed by atoms with van der Waals surface area (Å²) in [7, 11) is -1.51. The molecule has 0 N–H and O–H groups in total. The molecule has 0 aliphatic rings. The maximum Gasteiger partial charge on any atom is 0.192 e. The summed E-state index contributed by atoms with van der Waals surface area (Å²) in [6.07, 6.45) is 1.38. The first kappa shape index (κ1) is 11.4. The van der Waals surface area contributed by atoms with Gasteiger partial charge < -0.3 is 4.43 Å². The molecule has 0 bridgehead atoms. The largest absolute Gasteiger partial charge is 0.404 e. The fourth-order valence-corrected chi connectivity index (χ4v) is 1.85. The Hall–Kier alpha value is -0.593. The van der Waals surface area contributed by atoms with Crippen molar-refractivity contribution in [3.63, 3.8) is 0 Å². The molecule has 0 aromatic rings. The van der Waals surface area contributed by atoms with E-state index in [1.807, 2.05) is 6.92 Å². The maximum atomic E-state index is 9.97. The summed E-state index contributed by atoms with van der Waals surface area (Å²) in [6.45, 7) is 8.33. The molecule has 2 nitrogen and oxygen atoms in total. The van der Waals surface area contributed by atoms with Gasteiger partial charge in [-0.25, -0.2) is 0 Å². The van der Waals surface area contributed by atoms with E-state index in [-0.39, 0.29) is 6.10 Å². The minimum absolute atomic E-state index is 0.0677. The number of hydrogen-bond donors (Lipinski definition) is 0. The Morgan fingerprint density at radius 2 is 2.08 bits per heavy atom. The van der Waals surface area contributed by atoms with Crippen LogP contribution in [0.4, 0.5) is 0 Å². The summed E-state index contributed by atoms with van der Waals surface area (Å²) in [5.41, 5.74) is 0. The number of carbonyl (C=O) groups is 1. The van der Waals surface area contributed by atoms with Gasteiger partial charge in [-0.1, -0.05) is 12.8 Å². The topological polar surface area (TPSA) is 26.3 Å². The van der Waals surface area contributed by atoms with E-state index in [4.69, 9.17) is 4.43 Å². The third kappa shape index (κ3) is 6.14. The second-order valence-electron chi connectivity index (χ2n) is 3.53. The van der Waals surface area contributed by atoms with Crippen molar-refractivity contribution in [3.05, 3.63) is 0 Å². The molecule has 68 valence electrons. The molecule has 0 spiro atoms. The van der Waals surface area contributed by atoms with E-state index < -0.39 is 8.32 Å². The van der Waals surface area contributed by atoms with Gasteiger partial charge in [-0.05, 0) is 32.0 Å². The molecule has 0 aliphatic carbocycles. The second kappa shape index (κ2) is 5.12. The van der Waals surface area contributed by atoms with Gasteiger partial charge in [0.1, 0.15) is 6.10 Å². The summed E-state index contributed by atoms with van der Waals surface area (Å²) in [5.74, 6) is 5.16. The molecule has 0 aliphatic heterocycles. The van der Waals surface area contributed by atoms with Crippen LogP contribution in [0.25, 0.3) is 0 Å². The molecule has 0 saturated heterocycles. The van der Waals surface area contributed by atoms with Crippen molar-refractivity contribution < 1.29 is 9.22 Å². The van der Waals surface area contributed by atoms with Gasteiger partial charge in [0, 0.05) is 0 Å². The van der Waals surface area contributed by atoms with Gasteiger partial charge in [-0.2, -0.15) is 0 Å². The molecule has 1 atom stereocenters. The molecule has 0 amide bonds. The average Bonchev–Trinajstić information content (AvgIpc) is 1.95. The van der Waals surface area contributed by atoms with Crippen LogP contribution in [0.1, 0.15) is 13.3 Å². The molecule has 0 saturated carbocycles. The lowest BCUT2D eigenvalue weighted by molar-refractivity contribution is -0.103. The van der Waals surface area contributed by atoms with Crippen LogP contribution in [0.2, 0.25) is 19.6 Å². The van der Waals surface area contributed by atoms with Gasteiger partial charge in [0.25, 0.3) is 0 Å². The van der Waals surface area contributed by atoms with Crippen molar-refractivity contribution in [2.75, 3.05) is 0 Å². The zero-order valence-corrected chi connectivity index (χ0v) is 9.18. The van der Waals surface area contributed by atoms with Gasteiger partial charge in [0.2, 0.25) is 0 Å². The van der Waals surface area contributed by atoms with E-state index in [0.29, 0.717) is 6.29 Å². The van der Waals surface area contributed by atoms with Crippen molar-refractivity contribution >= 4 is 14.6 Å². The lowest BCUT2D eigenvalue weighted by atomic mass is 10.3. The Kier molecular flexibility index (Phi) is 4.87. The number of aldehydes is 1. The molecular weight excluding hydrogens is 168 g/mol. The highest BCUT2D eigenvalue weighted by Crippen LogP contribution is 2.08. The summed E-state index contributed by atoms with van der Waals surface area (Å²) in [4.78, 5) is 9.97. The van der Waals surface area contributed by atoms with Gasteiger partial charge in [0.15, 0.2) is 14.6 Å². The van der Waals surface area contributed by atoms with E-state index in [1.54, 1.807) is 0 Å². The Balaban J connectivity index is 4.09. The zero-order chi connectivity index (χ0) is 9.61. The molecular formula is C9H16O2Si. The normalized spacial score (nSPS) is 13.0. The van der Waals surface area contributed by atoms with Gasteiger partial charge in [-0.15, -0.1) is 0 Å². The number of carbonyl (C=O) groups excluding carboxylic acids is 1. The summed E-state index contributed by atoms with van der Waals surface area (Å²) in [5, 5.41) is 0. The SMILES string of the molecule is CCC(C#CC=O)O[Si](C)(C)C. The van der Waals surface area contributed by atoms with E-state index in [0.717, 1.165) is 6.42 Å². The van der Waals surface area contributed by atoms with Crippen LogP contribution in [0, 0.1) is 11.8 Å². The molecule has 0 aromatic carbocycles. The van der Waals surface area contributed by atoms with Crippen LogP contribution in [0.5, 0.6) is 0 Å². The van der Waals surface area contributed by atoms with Gasteiger partial charge in [0.05, 0.1) is 0 Å². The first-order valence-corrected chi connectivity index (χ1v) is 7.53. The molecule has 0 fully saturated rings. The van der Waals surface area contributed by atoms with E-state index in [1.165, 1.54) is 0 Å². The third-order valence-electron chi connectivity index (χ3n) is 1.17. The fourth-order valence-electron chi connectivity index (χ4n) is 0.769. The predicted molar refractivity (Wildman–Crippen MR) is 52.4 cm³/mol. The first-order valence-electron chi connectivity index (χ1n) is 4.12. The van der Waals surface area contributed by atoms with E-state index in [9.17, 15) is 4.79 Å². The molecule has 12 heavy (non-hydrogen) atoms. The standard InChI is InChI=1S/C9H16O2Si/c1-5-9(7-6-8-10)11-12(2,3)4/h8-9H,5H2,1-4H3. The highest BCUT2D eigenvalue weighted by Gasteiger charge is 2.18. The van der Waals surface area contributed by atoms with Crippen molar-refractivity contribution in [2.24, 2.45) is 0 Å². The van der Waals surface area contributed by atoms with Crippen LogP contribution >= 0.6 is 0 Å². The van der Waals surface area contributed by atoms with E-state index >= 15 is 0 Å². The minimum Gasteiger partial charge on any atom is -0.404 e. The molecule has 3 heteroatoms. The van der Waals surface area contributed by atoms with Crippen molar-refractivity contribution in [1.82, 2.24) is 0 Å². The Bertz CT molecular complexity index is 195. The highest BCUT2D eigenvalue weighted by atomic mass is 28.4. The quantitative estimate of drug-likeness (QED) is 0.380. The van der Waals surface area contributed by atoms with Crippen molar-refractivity contribution in [2.45, 2.75) is 39.1 Å². The molecule has 0 aromatic heterocycles. The molecule has 0 heterocycles. The predicted octanol–water partition coefficient (Wildman–Crippen LogP) is 1.82. The van der Waals surface area contributed by atoms with Crippen LogP contribution in [0.15, 0.2) is 0 Å². The smallest absolute Gasteiger partial charge is 0.192 e. The van der Waals surface area contributed by atoms with Crippen LogP contribution < -0.4 is 0 Å². The second-order valence-corrected chi connectivity index (χ2v) is 7.99. The molecule has 1 unspecified atom stereocenters. The number of rotatable bonds is 3. The molecule has 0 radical (unpaired) electrons. The minimum atomic E-state index is -1.51. The summed E-state index contributed by atoms with van der Waals surface area (Å²) < 4.78 is 5.70. The summed E-state index contributed by atoms with van der Waals surface area (Å²) >= 11 is 0. The van der Waals surface area contributed by atoms with Crippen molar-refractivity contribution in [3.8, 4) is 11.8 Å². The van der Waals surface area contributed by atoms with Crippen LogP contribution in [0.3, 0.4) is 0 Å². The van der Waals surface area contributed by atoms with Gasteiger partial charge in [-0.3, -0.25) is 4.79 Å². The van der Waals surface area contributed by atoms with Crippen molar-refractivity contribution in [1.29, 1.82) is 0 Å². The van der Waals surface area contributed by atoms with E-state index in [2.05, 4.69) is 31.5 Å². The Morgan fingerprint density at radius 1 is 1.50 bits per heavy atom. The Labute approximate surface area is 75.4 Å². The number of hydrogen-bond acceptors (Lipinski definition) is 2. The highest BCUT2D eigenvalue weighted by molar-refractivity contribution is 6.69. The maximum absolute atomic E-state index is 9.97. The van der Waals surface area contributed by atoms with Crippen LogP contribution in [-0.2, 0) is 9.22 Å². The lowest BCUT2D eigenvalue weighted by Gasteiger charge is -2.21. The first-order chi connectivity index (χ1) is 5.49. The summed E-state index contributed by atoms with van der Waals surface area (Å²) in [6, 6.07) is 0. The monoisotopic (exact) mass is 184 g/mol. The average molecular weight is 184 g/mol. The van der Waals surface area contributed by atoms with Crippen LogP contribution in [-0.4, -0.2) is 20.7 Å². The van der Waals surface area contributed by atoms with Gasteiger partial charge >= 0.3 is 0 Å². The fraction of sp³-hybridized carbons (Fsp3) is 0.667. The zero-order valence-electron chi connectivity index (χ0n) is 8.18. The molecule has 0 rings (SSSR count).